The molecule has 1 aliphatic rings. The van der Waals surface area contributed by atoms with Crippen molar-refractivity contribution in [1.29, 1.82) is 0 Å². The smallest absolute Gasteiger partial charge is 0.245 e. The zero-order chi connectivity index (χ0) is 17.2. The highest BCUT2D eigenvalue weighted by atomic mass is 32.2. The average Bonchev–Trinajstić information content (AvgIpc) is 3.03. The quantitative estimate of drug-likeness (QED) is 0.866. The summed E-state index contributed by atoms with van der Waals surface area (Å²) in [6.07, 6.45) is 3.21. The van der Waals surface area contributed by atoms with Crippen LogP contribution in [0.15, 0.2) is 35.4 Å². The highest BCUT2D eigenvalue weighted by molar-refractivity contribution is 7.89. The van der Waals surface area contributed by atoms with Gasteiger partial charge in [0.1, 0.15) is 16.4 Å². The highest BCUT2D eigenvalue weighted by Crippen LogP contribution is 2.25. The van der Waals surface area contributed by atoms with Gasteiger partial charge in [0.2, 0.25) is 10.0 Å². The molecule has 0 saturated carbocycles. The van der Waals surface area contributed by atoms with E-state index in [1.807, 2.05) is 0 Å². The lowest BCUT2D eigenvalue weighted by atomic mass is 10.00. The lowest BCUT2D eigenvalue weighted by molar-refractivity contribution is 0.238. The van der Waals surface area contributed by atoms with E-state index in [0.29, 0.717) is 31.7 Å². The van der Waals surface area contributed by atoms with Crippen molar-refractivity contribution in [2.75, 3.05) is 13.1 Å². The largest absolute Gasteiger partial charge is 0.390 e. The summed E-state index contributed by atoms with van der Waals surface area (Å²) in [5, 5.41) is 16.7. The normalized spacial score (nSPS) is 19.5. The molecule has 1 aromatic heterocycles. The topological polar surface area (TPSA) is 88.3 Å². The standard InChI is InChI=1S/C15H19FN4O3S/c16-14-5-1-2-6-15(14)24(22,23)20-7-3-4-12(9-20)8-19-10-13(11-21)17-18-19/h1-2,5-6,10,12,21H,3-4,7-9,11H2/t12-/m0/s1. The van der Waals surface area contributed by atoms with Crippen LogP contribution < -0.4 is 0 Å². The van der Waals surface area contributed by atoms with E-state index in [9.17, 15) is 12.8 Å². The molecule has 1 atom stereocenters. The predicted octanol–water partition coefficient (Wildman–Crippen LogP) is 1.01. The zero-order valence-corrected chi connectivity index (χ0v) is 13.9. The number of hydrogen-bond donors (Lipinski definition) is 1. The lowest BCUT2D eigenvalue weighted by Gasteiger charge is -2.31. The molecule has 1 aliphatic heterocycles. The van der Waals surface area contributed by atoms with Gasteiger partial charge in [-0.15, -0.1) is 5.10 Å². The molecule has 1 fully saturated rings. The Labute approximate surface area is 139 Å². The minimum atomic E-state index is -3.84. The van der Waals surface area contributed by atoms with Gasteiger partial charge < -0.3 is 5.11 Å². The van der Waals surface area contributed by atoms with Crippen molar-refractivity contribution in [3.8, 4) is 0 Å². The van der Waals surface area contributed by atoms with Crippen LogP contribution in [0.25, 0.3) is 0 Å². The van der Waals surface area contributed by atoms with E-state index in [4.69, 9.17) is 5.11 Å². The summed E-state index contributed by atoms with van der Waals surface area (Å²) < 4.78 is 42.2. The van der Waals surface area contributed by atoms with Crippen molar-refractivity contribution in [2.24, 2.45) is 5.92 Å². The summed E-state index contributed by atoms with van der Waals surface area (Å²) in [7, 11) is -3.84. The molecule has 7 nitrogen and oxygen atoms in total. The number of aromatic nitrogens is 3. The fourth-order valence-electron chi connectivity index (χ4n) is 2.95. The molecule has 24 heavy (non-hydrogen) atoms. The van der Waals surface area contributed by atoms with Crippen molar-refractivity contribution in [3.63, 3.8) is 0 Å². The van der Waals surface area contributed by atoms with Gasteiger partial charge in [0.05, 0.1) is 12.8 Å². The first kappa shape index (κ1) is 17.0. The fraction of sp³-hybridized carbons (Fsp3) is 0.467. The summed E-state index contributed by atoms with van der Waals surface area (Å²) in [4.78, 5) is -0.283. The van der Waals surface area contributed by atoms with Crippen LogP contribution in [0.5, 0.6) is 0 Å². The van der Waals surface area contributed by atoms with Gasteiger partial charge in [0, 0.05) is 19.6 Å². The Balaban J connectivity index is 1.74. The molecule has 130 valence electrons. The molecule has 0 bridgehead atoms. The molecule has 2 heterocycles. The van der Waals surface area contributed by atoms with E-state index in [1.54, 1.807) is 10.9 Å². The van der Waals surface area contributed by atoms with Crippen molar-refractivity contribution in [2.45, 2.75) is 30.9 Å². The van der Waals surface area contributed by atoms with Gasteiger partial charge in [-0.05, 0) is 30.9 Å². The Morgan fingerprint density at radius 1 is 1.33 bits per heavy atom. The minimum Gasteiger partial charge on any atom is -0.390 e. The van der Waals surface area contributed by atoms with Crippen LogP contribution >= 0.6 is 0 Å². The zero-order valence-electron chi connectivity index (χ0n) is 13.0. The SMILES string of the molecule is O=S(=O)(c1ccccc1F)N1CCC[C@@H](Cn2cc(CO)nn2)C1. The van der Waals surface area contributed by atoms with E-state index in [0.717, 1.165) is 12.5 Å². The first-order valence-corrected chi connectivity index (χ1v) is 9.19. The Kier molecular flexibility index (Phi) is 4.93. The monoisotopic (exact) mass is 354 g/mol. The van der Waals surface area contributed by atoms with Gasteiger partial charge >= 0.3 is 0 Å². The summed E-state index contributed by atoms with van der Waals surface area (Å²) in [6.45, 7) is 1.02. The van der Waals surface area contributed by atoms with Gasteiger partial charge in [0.25, 0.3) is 0 Å². The van der Waals surface area contributed by atoms with Crippen LogP contribution in [-0.4, -0.2) is 45.9 Å². The summed E-state index contributed by atoms with van der Waals surface area (Å²) >= 11 is 0. The van der Waals surface area contributed by atoms with Crippen LogP contribution in [0.4, 0.5) is 4.39 Å². The van der Waals surface area contributed by atoms with Crippen LogP contribution in [0, 0.1) is 11.7 Å². The lowest BCUT2D eigenvalue weighted by Crippen LogP contribution is -2.41. The summed E-state index contributed by atoms with van der Waals surface area (Å²) in [6, 6.07) is 5.43. The van der Waals surface area contributed by atoms with Crippen molar-refractivity contribution < 1.29 is 17.9 Å². The van der Waals surface area contributed by atoms with Gasteiger partial charge in [-0.2, -0.15) is 4.31 Å². The van der Waals surface area contributed by atoms with Crippen LogP contribution in [0.2, 0.25) is 0 Å². The third-order valence-electron chi connectivity index (χ3n) is 4.13. The molecule has 0 aliphatic carbocycles. The molecule has 1 N–H and O–H groups in total. The number of nitrogens with zero attached hydrogens (tertiary/aromatic N) is 4. The Bertz CT molecular complexity index is 809. The second-order valence-corrected chi connectivity index (χ2v) is 7.80. The molecule has 2 aromatic rings. The Morgan fingerprint density at radius 2 is 2.12 bits per heavy atom. The predicted molar refractivity (Wildman–Crippen MR) is 83.8 cm³/mol. The molecule has 0 spiro atoms. The van der Waals surface area contributed by atoms with Gasteiger partial charge in [-0.25, -0.2) is 12.8 Å². The molecule has 9 heteroatoms. The Morgan fingerprint density at radius 3 is 2.83 bits per heavy atom. The molecule has 3 rings (SSSR count). The molecule has 0 unspecified atom stereocenters. The molecule has 1 aromatic carbocycles. The molecule has 0 radical (unpaired) electrons. The molecule has 1 saturated heterocycles. The summed E-state index contributed by atoms with van der Waals surface area (Å²) in [5.74, 6) is -0.669. The first-order valence-electron chi connectivity index (χ1n) is 7.75. The van der Waals surface area contributed by atoms with Gasteiger partial charge in [-0.3, -0.25) is 4.68 Å². The third-order valence-corrected chi connectivity index (χ3v) is 6.03. The summed E-state index contributed by atoms with van der Waals surface area (Å²) in [5.41, 5.74) is 0.474. The van der Waals surface area contributed by atoms with Crippen molar-refractivity contribution >= 4 is 10.0 Å². The second-order valence-electron chi connectivity index (χ2n) is 5.89. The van der Waals surface area contributed by atoms with E-state index < -0.39 is 15.8 Å². The number of halogens is 1. The Hall–Kier alpha value is -1.84. The molecular weight excluding hydrogens is 335 g/mol. The van der Waals surface area contributed by atoms with E-state index in [-0.39, 0.29) is 17.4 Å². The second kappa shape index (κ2) is 6.96. The van der Waals surface area contributed by atoms with Crippen LogP contribution in [-0.2, 0) is 23.2 Å². The maximum Gasteiger partial charge on any atom is 0.245 e. The molecule has 0 amide bonds. The number of rotatable bonds is 5. The van der Waals surface area contributed by atoms with E-state index in [1.165, 1.54) is 22.5 Å². The highest BCUT2D eigenvalue weighted by Gasteiger charge is 2.32. The maximum atomic E-state index is 13.9. The fourth-order valence-corrected chi connectivity index (χ4v) is 4.57. The number of benzene rings is 1. The van der Waals surface area contributed by atoms with E-state index >= 15 is 0 Å². The van der Waals surface area contributed by atoms with Gasteiger partial charge in [-0.1, -0.05) is 17.3 Å². The number of piperidine rings is 1. The number of aliphatic hydroxyl groups excluding tert-OH is 1. The first-order chi connectivity index (χ1) is 11.5. The van der Waals surface area contributed by atoms with Crippen LogP contribution in [0.3, 0.4) is 0 Å². The number of hydrogen-bond acceptors (Lipinski definition) is 5. The average molecular weight is 354 g/mol. The number of aliphatic hydroxyl groups is 1. The molecular formula is C15H19FN4O3S. The maximum absolute atomic E-state index is 13.9. The van der Waals surface area contributed by atoms with Crippen molar-refractivity contribution in [1.82, 2.24) is 19.3 Å². The minimum absolute atomic E-state index is 0.0635. The van der Waals surface area contributed by atoms with Gasteiger partial charge in [0.15, 0.2) is 0 Å². The van der Waals surface area contributed by atoms with Crippen molar-refractivity contribution in [3.05, 3.63) is 42.0 Å². The third kappa shape index (κ3) is 3.47. The number of sulfonamides is 1. The van der Waals surface area contributed by atoms with Crippen LogP contribution in [0.1, 0.15) is 18.5 Å². The van der Waals surface area contributed by atoms with E-state index in [2.05, 4.69) is 10.3 Å².